The summed E-state index contributed by atoms with van der Waals surface area (Å²) in [5.41, 5.74) is 9.70. The Kier molecular flexibility index (Phi) is 4.27. The highest BCUT2D eigenvalue weighted by atomic mass is 32.2. The van der Waals surface area contributed by atoms with Crippen LogP contribution >= 0.6 is 11.8 Å². The highest BCUT2D eigenvalue weighted by Gasteiger charge is 2.08. The second-order valence-corrected chi connectivity index (χ2v) is 5.57. The molecule has 0 aliphatic rings. The summed E-state index contributed by atoms with van der Waals surface area (Å²) in [7, 11) is 0. The summed E-state index contributed by atoms with van der Waals surface area (Å²) in [6.07, 6.45) is 0. The zero-order valence-electron chi connectivity index (χ0n) is 11.1. The van der Waals surface area contributed by atoms with Crippen LogP contribution in [0.3, 0.4) is 0 Å². The standard InChI is InChI=1S/C16H17NOS/c1-11-7-8-13(9-12(11)2)15(18)10-19-16-6-4-3-5-14(16)17/h3-9H,10,17H2,1-2H3. The third-order valence-electron chi connectivity index (χ3n) is 3.11. The number of carbonyl (C=O) groups is 1. The Morgan fingerprint density at radius 1 is 1.11 bits per heavy atom. The maximum absolute atomic E-state index is 12.1. The first-order chi connectivity index (χ1) is 9.08. The quantitative estimate of drug-likeness (QED) is 0.521. The van der Waals surface area contributed by atoms with Crippen LogP contribution in [0.15, 0.2) is 47.4 Å². The van der Waals surface area contributed by atoms with Gasteiger partial charge >= 0.3 is 0 Å². The molecule has 0 radical (unpaired) electrons. The van der Waals surface area contributed by atoms with Gasteiger partial charge in [0.2, 0.25) is 0 Å². The second kappa shape index (κ2) is 5.93. The van der Waals surface area contributed by atoms with Crippen molar-refractivity contribution in [1.82, 2.24) is 0 Å². The molecular weight excluding hydrogens is 254 g/mol. The number of nitrogen functional groups attached to an aromatic ring is 1. The van der Waals surface area contributed by atoms with Crippen LogP contribution in [0.25, 0.3) is 0 Å². The van der Waals surface area contributed by atoms with Crippen molar-refractivity contribution in [3.8, 4) is 0 Å². The van der Waals surface area contributed by atoms with Crippen molar-refractivity contribution in [1.29, 1.82) is 0 Å². The molecule has 2 rings (SSSR count). The lowest BCUT2D eigenvalue weighted by Gasteiger charge is -2.06. The maximum atomic E-state index is 12.1. The molecule has 2 N–H and O–H groups in total. The van der Waals surface area contributed by atoms with Gasteiger partial charge in [0, 0.05) is 16.1 Å². The van der Waals surface area contributed by atoms with Crippen LogP contribution in [0.1, 0.15) is 21.5 Å². The van der Waals surface area contributed by atoms with Crippen molar-refractivity contribution < 1.29 is 4.79 Å². The first kappa shape index (κ1) is 13.7. The number of hydrogen-bond donors (Lipinski definition) is 1. The summed E-state index contributed by atoms with van der Waals surface area (Å²) in [6, 6.07) is 13.4. The molecule has 0 spiro atoms. The van der Waals surface area contributed by atoms with Crippen LogP contribution in [0.5, 0.6) is 0 Å². The summed E-state index contributed by atoms with van der Waals surface area (Å²) in [4.78, 5) is 13.1. The largest absolute Gasteiger partial charge is 0.398 e. The minimum absolute atomic E-state index is 0.136. The van der Waals surface area contributed by atoms with Gasteiger partial charge in [-0.15, -0.1) is 11.8 Å². The molecule has 0 atom stereocenters. The molecule has 0 bridgehead atoms. The lowest BCUT2D eigenvalue weighted by Crippen LogP contribution is -2.03. The third kappa shape index (κ3) is 3.38. The van der Waals surface area contributed by atoms with Crippen LogP contribution in [-0.4, -0.2) is 11.5 Å². The Morgan fingerprint density at radius 3 is 2.53 bits per heavy atom. The van der Waals surface area contributed by atoms with Gasteiger partial charge in [-0.05, 0) is 43.2 Å². The minimum atomic E-state index is 0.136. The van der Waals surface area contributed by atoms with Gasteiger partial charge in [-0.3, -0.25) is 4.79 Å². The molecule has 0 unspecified atom stereocenters. The number of thioether (sulfide) groups is 1. The van der Waals surface area contributed by atoms with Crippen LogP contribution in [-0.2, 0) is 0 Å². The molecule has 2 aromatic rings. The SMILES string of the molecule is Cc1ccc(C(=O)CSc2ccccc2N)cc1C. The molecule has 0 aliphatic carbocycles. The van der Waals surface area contributed by atoms with E-state index in [2.05, 4.69) is 0 Å². The molecule has 0 amide bonds. The molecule has 2 nitrogen and oxygen atoms in total. The zero-order valence-corrected chi connectivity index (χ0v) is 12.0. The van der Waals surface area contributed by atoms with E-state index < -0.39 is 0 Å². The minimum Gasteiger partial charge on any atom is -0.398 e. The Balaban J connectivity index is 2.05. The lowest BCUT2D eigenvalue weighted by molar-refractivity contribution is 0.102. The monoisotopic (exact) mass is 271 g/mol. The average molecular weight is 271 g/mol. The number of para-hydroxylation sites is 1. The molecule has 0 heterocycles. The van der Waals surface area contributed by atoms with Crippen molar-refractivity contribution in [3.63, 3.8) is 0 Å². The third-order valence-corrected chi connectivity index (χ3v) is 4.20. The summed E-state index contributed by atoms with van der Waals surface area (Å²) in [5.74, 6) is 0.549. The number of carbonyl (C=O) groups excluding carboxylic acids is 1. The van der Waals surface area contributed by atoms with Crippen molar-refractivity contribution in [2.24, 2.45) is 0 Å². The van der Waals surface area contributed by atoms with Crippen LogP contribution < -0.4 is 5.73 Å². The highest BCUT2D eigenvalue weighted by Crippen LogP contribution is 2.25. The molecule has 98 valence electrons. The lowest BCUT2D eigenvalue weighted by atomic mass is 10.0. The van der Waals surface area contributed by atoms with Crippen molar-refractivity contribution in [3.05, 3.63) is 59.2 Å². The number of rotatable bonds is 4. The van der Waals surface area contributed by atoms with E-state index in [1.807, 2.05) is 56.3 Å². The smallest absolute Gasteiger partial charge is 0.173 e. The average Bonchev–Trinajstić information content (AvgIpc) is 2.40. The van der Waals surface area contributed by atoms with E-state index in [1.54, 1.807) is 0 Å². The number of Topliss-reactive ketones (excluding diaryl/α,β-unsaturated/α-hetero) is 1. The summed E-state index contributed by atoms with van der Waals surface area (Å²) < 4.78 is 0. The predicted octanol–water partition coefficient (Wildman–Crippen LogP) is 3.86. The summed E-state index contributed by atoms with van der Waals surface area (Å²) in [5, 5.41) is 0. The van der Waals surface area contributed by atoms with Gasteiger partial charge in [0.05, 0.1) is 5.75 Å². The van der Waals surface area contributed by atoms with E-state index in [0.29, 0.717) is 5.75 Å². The van der Waals surface area contributed by atoms with Crippen LogP contribution in [0.2, 0.25) is 0 Å². The fourth-order valence-electron chi connectivity index (χ4n) is 1.75. The number of anilines is 1. The molecule has 0 fully saturated rings. The van der Waals surface area contributed by atoms with E-state index in [9.17, 15) is 4.79 Å². The normalized spacial score (nSPS) is 10.4. The molecule has 0 aliphatic heterocycles. The van der Waals surface area contributed by atoms with Crippen molar-refractivity contribution in [2.75, 3.05) is 11.5 Å². The van der Waals surface area contributed by atoms with Crippen LogP contribution in [0, 0.1) is 13.8 Å². The number of benzene rings is 2. The maximum Gasteiger partial charge on any atom is 0.173 e. The number of aryl methyl sites for hydroxylation is 2. The van der Waals surface area contributed by atoms with E-state index >= 15 is 0 Å². The Bertz CT molecular complexity index is 607. The Morgan fingerprint density at radius 2 is 1.84 bits per heavy atom. The number of ketones is 1. The van der Waals surface area contributed by atoms with E-state index in [4.69, 9.17) is 5.73 Å². The van der Waals surface area contributed by atoms with E-state index in [0.717, 1.165) is 21.7 Å². The highest BCUT2D eigenvalue weighted by molar-refractivity contribution is 8.00. The fraction of sp³-hybridized carbons (Fsp3) is 0.188. The number of hydrogen-bond acceptors (Lipinski definition) is 3. The van der Waals surface area contributed by atoms with Gasteiger partial charge in [0.15, 0.2) is 5.78 Å². The fourth-order valence-corrected chi connectivity index (χ4v) is 2.62. The molecule has 0 saturated heterocycles. The molecule has 0 saturated carbocycles. The predicted molar refractivity (Wildman–Crippen MR) is 81.8 cm³/mol. The second-order valence-electron chi connectivity index (χ2n) is 4.55. The zero-order chi connectivity index (χ0) is 13.8. The van der Waals surface area contributed by atoms with Crippen LogP contribution in [0.4, 0.5) is 5.69 Å². The molecule has 0 aromatic heterocycles. The summed E-state index contributed by atoms with van der Waals surface area (Å²) >= 11 is 1.49. The Hall–Kier alpha value is -1.74. The van der Waals surface area contributed by atoms with Gasteiger partial charge in [0.25, 0.3) is 0 Å². The van der Waals surface area contributed by atoms with E-state index in [-0.39, 0.29) is 5.78 Å². The van der Waals surface area contributed by atoms with Crippen molar-refractivity contribution in [2.45, 2.75) is 18.7 Å². The van der Waals surface area contributed by atoms with Gasteiger partial charge < -0.3 is 5.73 Å². The van der Waals surface area contributed by atoms with Gasteiger partial charge in [-0.25, -0.2) is 0 Å². The first-order valence-electron chi connectivity index (χ1n) is 6.15. The molecule has 2 aromatic carbocycles. The summed E-state index contributed by atoms with van der Waals surface area (Å²) in [6.45, 7) is 4.07. The van der Waals surface area contributed by atoms with Crippen molar-refractivity contribution >= 4 is 23.2 Å². The van der Waals surface area contributed by atoms with Gasteiger partial charge in [-0.1, -0.05) is 24.3 Å². The van der Waals surface area contributed by atoms with Gasteiger partial charge in [0.1, 0.15) is 0 Å². The molecule has 19 heavy (non-hydrogen) atoms. The topological polar surface area (TPSA) is 43.1 Å². The number of nitrogens with two attached hydrogens (primary N) is 1. The van der Waals surface area contributed by atoms with Gasteiger partial charge in [-0.2, -0.15) is 0 Å². The van der Waals surface area contributed by atoms with E-state index in [1.165, 1.54) is 17.3 Å². The Labute approximate surface area is 118 Å². The molecule has 3 heteroatoms. The first-order valence-corrected chi connectivity index (χ1v) is 7.14. The molecular formula is C16H17NOS.